The highest BCUT2D eigenvalue weighted by Crippen LogP contribution is 2.77. The molecule has 0 N–H and O–H groups in total. The summed E-state index contributed by atoms with van der Waals surface area (Å²) < 4.78 is 0. The Labute approximate surface area is 82.0 Å². The minimum absolute atomic E-state index is 0.321. The molecule has 14 heavy (non-hydrogen) atoms. The Hall–Kier alpha value is -0.660. The fraction of sp³-hybridized carbons (Fsp3) is 0.833. The van der Waals surface area contributed by atoms with Crippen LogP contribution in [0.2, 0.25) is 0 Å². The van der Waals surface area contributed by atoms with E-state index in [-0.39, 0.29) is 0 Å². The predicted octanol–water partition coefficient (Wildman–Crippen LogP) is 0.902. The minimum atomic E-state index is 0.321. The molecule has 0 aromatic rings. The first-order valence-corrected chi connectivity index (χ1v) is 5.86. The van der Waals surface area contributed by atoms with Crippen LogP contribution in [0.3, 0.4) is 0 Å². The molecule has 2 heteroatoms. The third-order valence-corrected chi connectivity index (χ3v) is 6.11. The van der Waals surface area contributed by atoms with Gasteiger partial charge in [-0.1, -0.05) is 0 Å². The molecule has 0 spiro atoms. The Kier molecular flexibility index (Phi) is 0.780. The molecule has 0 heterocycles. The van der Waals surface area contributed by atoms with Crippen LogP contribution in [-0.4, -0.2) is 11.6 Å². The summed E-state index contributed by atoms with van der Waals surface area (Å²) in [5.41, 5.74) is 0. The largest absolute Gasteiger partial charge is 0.299 e. The Balaban J connectivity index is 1.83. The molecule has 4 unspecified atom stereocenters. The number of carbonyl (C=O) groups is 2. The maximum atomic E-state index is 12.0. The monoisotopic (exact) mass is 188 g/mol. The molecule has 2 nitrogen and oxygen atoms in total. The maximum Gasteiger partial charge on any atom is 0.139 e. The molecule has 5 fully saturated rings. The Morgan fingerprint density at radius 1 is 0.643 bits per heavy atom. The third kappa shape index (κ3) is 0.396. The second-order valence-corrected chi connectivity index (χ2v) is 6.01. The smallest absolute Gasteiger partial charge is 0.139 e. The van der Waals surface area contributed by atoms with E-state index in [0.29, 0.717) is 58.9 Å². The molecule has 0 aromatic heterocycles. The summed E-state index contributed by atoms with van der Waals surface area (Å²) in [5.74, 6) is 5.04. The zero-order valence-corrected chi connectivity index (χ0v) is 7.85. The number of Topliss-reactive ketones (excluding diaryl/α,β-unsaturated/α-hetero) is 2. The van der Waals surface area contributed by atoms with E-state index in [4.69, 9.17) is 0 Å². The van der Waals surface area contributed by atoms with Gasteiger partial charge < -0.3 is 0 Å². The topological polar surface area (TPSA) is 34.1 Å². The van der Waals surface area contributed by atoms with Gasteiger partial charge in [-0.15, -0.1) is 0 Å². The highest BCUT2D eigenvalue weighted by atomic mass is 16.1. The zero-order valence-electron chi connectivity index (χ0n) is 7.85. The van der Waals surface area contributed by atoms with Crippen LogP contribution in [0, 0.1) is 47.3 Å². The summed E-state index contributed by atoms with van der Waals surface area (Å²) in [4.78, 5) is 24.1. The van der Waals surface area contributed by atoms with Crippen molar-refractivity contribution in [2.45, 2.75) is 12.8 Å². The number of hydrogen-bond donors (Lipinski definition) is 0. The lowest BCUT2D eigenvalue weighted by Gasteiger charge is -2.43. The first-order valence-electron chi connectivity index (χ1n) is 5.86. The van der Waals surface area contributed by atoms with Crippen molar-refractivity contribution in [3.8, 4) is 0 Å². The van der Waals surface area contributed by atoms with Crippen LogP contribution in [0.15, 0.2) is 0 Å². The molecule has 5 rings (SSSR count). The molecule has 5 saturated carbocycles. The third-order valence-electron chi connectivity index (χ3n) is 6.11. The van der Waals surface area contributed by atoms with Gasteiger partial charge >= 0.3 is 0 Å². The van der Waals surface area contributed by atoms with Crippen LogP contribution in [0.25, 0.3) is 0 Å². The summed E-state index contributed by atoms with van der Waals surface area (Å²) in [5, 5.41) is 0. The molecule has 0 radical (unpaired) electrons. The van der Waals surface area contributed by atoms with Crippen molar-refractivity contribution in [1.82, 2.24) is 0 Å². The van der Waals surface area contributed by atoms with E-state index >= 15 is 0 Å². The predicted molar refractivity (Wildman–Crippen MR) is 47.2 cm³/mol. The molecule has 0 amide bonds. The molecule has 5 aliphatic rings. The van der Waals surface area contributed by atoms with Crippen molar-refractivity contribution in [3.63, 3.8) is 0 Å². The van der Waals surface area contributed by atoms with Crippen molar-refractivity contribution < 1.29 is 9.59 Å². The Morgan fingerprint density at radius 2 is 0.929 bits per heavy atom. The van der Waals surface area contributed by atoms with Gasteiger partial charge in [0.1, 0.15) is 11.6 Å². The summed E-state index contributed by atoms with van der Waals surface area (Å²) in [6.07, 6.45) is 1.87. The normalized spacial score (nSPS) is 70.6. The van der Waals surface area contributed by atoms with Gasteiger partial charge in [0.15, 0.2) is 0 Å². The molecular formula is C12H12O2. The van der Waals surface area contributed by atoms with Gasteiger partial charge in [-0.3, -0.25) is 9.59 Å². The van der Waals surface area contributed by atoms with Crippen LogP contribution < -0.4 is 0 Å². The number of carbonyl (C=O) groups excluding carboxylic acids is 2. The van der Waals surface area contributed by atoms with Crippen molar-refractivity contribution in [2.24, 2.45) is 47.3 Å². The van der Waals surface area contributed by atoms with Gasteiger partial charge in [-0.05, 0) is 36.5 Å². The number of hydrogen-bond acceptors (Lipinski definition) is 2. The average Bonchev–Trinajstić information content (AvgIpc) is 2.71. The molecule has 8 atom stereocenters. The quantitative estimate of drug-likeness (QED) is 0.566. The van der Waals surface area contributed by atoms with E-state index in [1.54, 1.807) is 0 Å². The van der Waals surface area contributed by atoms with E-state index < -0.39 is 0 Å². The second-order valence-electron chi connectivity index (χ2n) is 6.01. The van der Waals surface area contributed by atoms with Crippen LogP contribution in [-0.2, 0) is 9.59 Å². The van der Waals surface area contributed by atoms with Crippen LogP contribution >= 0.6 is 0 Å². The lowest BCUT2D eigenvalue weighted by molar-refractivity contribution is -0.128. The van der Waals surface area contributed by atoms with Crippen molar-refractivity contribution >= 4 is 11.6 Å². The van der Waals surface area contributed by atoms with Gasteiger partial charge in [0, 0.05) is 23.7 Å². The van der Waals surface area contributed by atoms with Gasteiger partial charge in [-0.2, -0.15) is 0 Å². The molecule has 0 aliphatic heterocycles. The fourth-order valence-corrected chi connectivity index (χ4v) is 5.98. The molecule has 0 saturated heterocycles. The molecule has 0 bridgehead atoms. The highest BCUT2D eigenvalue weighted by Gasteiger charge is 2.79. The second kappa shape index (κ2) is 1.62. The van der Waals surface area contributed by atoms with Gasteiger partial charge in [0.2, 0.25) is 0 Å². The van der Waals surface area contributed by atoms with Crippen LogP contribution in [0.1, 0.15) is 12.8 Å². The van der Waals surface area contributed by atoms with Crippen LogP contribution in [0.4, 0.5) is 0 Å². The highest BCUT2D eigenvalue weighted by molar-refractivity contribution is 5.97. The summed E-state index contributed by atoms with van der Waals surface area (Å²) >= 11 is 0. The van der Waals surface area contributed by atoms with E-state index in [9.17, 15) is 9.59 Å². The Morgan fingerprint density at radius 3 is 1.21 bits per heavy atom. The average molecular weight is 188 g/mol. The van der Waals surface area contributed by atoms with Crippen molar-refractivity contribution in [1.29, 1.82) is 0 Å². The van der Waals surface area contributed by atoms with E-state index in [2.05, 4.69) is 0 Å². The first-order chi connectivity index (χ1) is 6.79. The van der Waals surface area contributed by atoms with Crippen LogP contribution in [0.5, 0.6) is 0 Å². The summed E-state index contributed by atoms with van der Waals surface area (Å²) in [6, 6.07) is 0. The lowest BCUT2D eigenvalue weighted by atomic mass is 9.60. The molecular weight excluding hydrogens is 176 g/mol. The SMILES string of the molecule is O=C1[C@H]2C[C@H]3C(=O)[C@@H]4C[C@H]1C1C2C3C14. The number of rotatable bonds is 0. The minimum Gasteiger partial charge on any atom is -0.299 e. The van der Waals surface area contributed by atoms with E-state index in [0.717, 1.165) is 12.8 Å². The zero-order chi connectivity index (χ0) is 9.19. The Bertz CT molecular complexity index is 321. The van der Waals surface area contributed by atoms with Gasteiger partial charge in [0.25, 0.3) is 0 Å². The molecule has 0 aromatic carbocycles. The van der Waals surface area contributed by atoms with E-state index in [1.165, 1.54) is 0 Å². The first kappa shape index (κ1) is 6.76. The van der Waals surface area contributed by atoms with Crippen molar-refractivity contribution in [2.75, 3.05) is 0 Å². The van der Waals surface area contributed by atoms with Crippen molar-refractivity contribution in [3.05, 3.63) is 0 Å². The standard InChI is InChI=1S/C12H12O2/c13-11-3-1-4-8-7(3)9-5(11)2-6(10(8)9)12(4)14/h3-10H,1-2H2/t3-,4+,5-,6+,7?,8?,9?,10?. The molecule has 5 aliphatic carbocycles. The lowest BCUT2D eigenvalue weighted by Crippen LogP contribution is -2.41. The van der Waals surface area contributed by atoms with Gasteiger partial charge in [-0.25, -0.2) is 0 Å². The summed E-state index contributed by atoms with van der Waals surface area (Å²) in [7, 11) is 0. The number of ketones is 2. The van der Waals surface area contributed by atoms with E-state index in [1.807, 2.05) is 0 Å². The maximum absolute atomic E-state index is 12.0. The summed E-state index contributed by atoms with van der Waals surface area (Å²) in [6.45, 7) is 0. The molecule has 72 valence electrons. The van der Waals surface area contributed by atoms with Gasteiger partial charge in [0.05, 0.1) is 0 Å². The fourth-order valence-electron chi connectivity index (χ4n) is 5.98.